The van der Waals surface area contributed by atoms with E-state index in [9.17, 15) is 24.3 Å². The molecular weight excluding hydrogens is 636 g/mol. The monoisotopic (exact) mass is 692 g/mol. The topological polar surface area (TPSA) is 125 Å². The number of aliphatic hydroxyl groups is 1. The van der Waals surface area contributed by atoms with Crippen LogP contribution in [0.2, 0.25) is 0 Å². The van der Waals surface area contributed by atoms with Crippen LogP contribution >= 0.6 is 0 Å². The summed E-state index contributed by atoms with van der Waals surface area (Å²) in [6.07, 6.45) is 3.66. The van der Waals surface area contributed by atoms with Crippen LogP contribution in [0.4, 0.5) is 0 Å². The number of fused-ring (bicyclic) bond motifs is 5. The highest BCUT2D eigenvalue weighted by atomic mass is 16.6. The molecule has 5 aliphatic rings. The lowest BCUT2D eigenvalue weighted by Gasteiger charge is -2.70. The molecule has 1 N–H and O–H groups in total. The van der Waals surface area contributed by atoms with Crippen LogP contribution in [0.1, 0.15) is 111 Å². The van der Waals surface area contributed by atoms with E-state index in [-0.39, 0.29) is 46.8 Å². The second-order valence-electron chi connectivity index (χ2n) is 17.7. The Morgan fingerprint density at radius 2 is 1.52 bits per heavy atom. The van der Waals surface area contributed by atoms with E-state index in [2.05, 4.69) is 40.7 Å². The molecule has 0 radical (unpaired) electrons. The van der Waals surface area contributed by atoms with Gasteiger partial charge in [0.05, 0.1) is 17.8 Å². The number of carbonyl (C=O) groups excluding carboxylic acids is 4. The van der Waals surface area contributed by atoms with Gasteiger partial charge in [0.15, 0.2) is 5.78 Å². The summed E-state index contributed by atoms with van der Waals surface area (Å²) < 4.78 is 24.9. The molecule has 4 fully saturated rings. The molecule has 0 bridgehead atoms. The second kappa shape index (κ2) is 12.6. The zero-order valence-electron chi connectivity index (χ0n) is 31.2. The predicted octanol–water partition coefficient (Wildman–Crippen LogP) is 6.65. The average molecular weight is 693 g/mol. The number of esters is 3. The van der Waals surface area contributed by atoms with Crippen molar-refractivity contribution in [2.24, 2.45) is 45.3 Å². The molecule has 11 atom stereocenters. The molecule has 0 aromatic heterocycles. The minimum atomic E-state index is -1.24. The Kier molecular flexibility index (Phi) is 9.24. The molecule has 9 heteroatoms. The maximum atomic E-state index is 13.4. The van der Waals surface area contributed by atoms with Crippen molar-refractivity contribution >= 4 is 23.7 Å². The maximum Gasteiger partial charge on any atom is 0.338 e. The second-order valence-corrected chi connectivity index (χ2v) is 17.7. The number of ether oxygens (including phenoxy) is 4. The van der Waals surface area contributed by atoms with E-state index in [1.165, 1.54) is 19.4 Å². The number of rotatable bonds is 6. The van der Waals surface area contributed by atoms with Gasteiger partial charge < -0.3 is 24.1 Å². The third kappa shape index (κ3) is 5.75. The Hall–Kier alpha value is -3.04. The first kappa shape index (κ1) is 36.7. The minimum Gasteiger partial charge on any atom is -0.462 e. The zero-order chi connectivity index (χ0) is 36.6. The lowest BCUT2D eigenvalue weighted by Crippen LogP contribution is -2.70. The van der Waals surface area contributed by atoms with Gasteiger partial charge in [0.2, 0.25) is 0 Å². The molecule has 1 aromatic rings. The van der Waals surface area contributed by atoms with Crippen molar-refractivity contribution in [1.29, 1.82) is 0 Å². The minimum absolute atomic E-state index is 0.00145. The van der Waals surface area contributed by atoms with Gasteiger partial charge in [0.1, 0.15) is 24.4 Å². The van der Waals surface area contributed by atoms with Crippen LogP contribution in [0.15, 0.2) is 42.0 Å². The molecular formula is C41H56O9. The summed E-state index contributed by atoms with van der Waals surface area (Å²) in [5, 5.41) is 10.6. The molecule has 0 amide bonds. The van der Waals surface area contributed by atoms with Crippen molar-refractivity contribution in [1.82, 2.24) is 0 Å². The standard InChI is InChI=1S/C41H56O9/c1-23(42)48-33-20-31-37(3,4)32(50-36(45)25-13-11-10-12-14-25)21-34(49-24(2)43)41(31,9)30-17-18-39(7)27(15-16-29(39)40(30,33)8)26-19-28(44)35(47-22-26)38(5,6)46/h10-14,16,26-27,30-35,46H,15,17-22H2,1-9H3/t26-,27+,30+,31?,32-,33-,34+,35-,39+,40+,41-/m1/s1. The number of hydrogen-bond acceptors (Lipinski definition) is 9. The van der Waals surface area contributed by atoms with Gasteiger partial charge in [0.25, 0.3) is 0 Å². The van der Waals surface area contributed by atoms with Gasteiger partial charge in [-0.15, -0.1) is 0 Å². The molecule has 50 heavy (non-hydrogen) atoms. The lowest BCUT2D eigenvalue weighted by atomic mass is 9.36. The Labute approximate surface area is 296 Å². The summed E-state index contributed by atoms with van der Waals surface area (Å²) in [5.41, 5.74) is -1.43. The van der Waals surface area contributed by atoms with E-state index in [0.717, 1.165) is 19.3 Å². The Morgan fingerprint density at radius 1 is 0.880 bits per heavy atom. The lowest BCUT2D eigenvalue weighted by molar-refractivity contribution is -0.259. The quantitative estimate of drug-likeness (QED) is 0.198. The number of Topliss-reactive ketones (excluding diaryl/α,β-unsaturated/α-hetero) is 1. The molecule has 0 spiro atoms. The SMILES string of the molecule is CC(=O)O[C@H]1C[C@@H](OC(=O)c2ccccc2)C(C)(C)C2C[C@@H](OC(C)=O)[C@@]3(C)C4=CC[C@@H]([C@H]5CO[C@@H](C(C)(C)O)C(=O)C5)[C@]4(C)CC[C@@H]3[C@]21C. The number of ketones is 1. The van der Waals surface area contributed by atoms with Gasteiger partial charge >= 0.3 is 17.9 Å². The molecule has 1 aromatic carbocycles. The molecule has 1 unspecified atom stereocenters. The van der Waals surface area contributed by atoms with Crippen molar-refractivity contribution in [2.45, 2.75) is 131 Å². The fraction of sp³-hybridized carbons (Fsp3) is 0.707. The van der Waals surface area contributed by atoms with Crippen LogP contribution in [-0.2, 0) is 33.3 Å². The van der Waals surface area contributed by atoms with Crippen molar-refractivity contribution in [3.63, 3.8) is 0 Å². The zero-order valence-corrected chi connectivity index (χ0v) is 31.2. The van der Waals surface area contributed by atoms with Crippen molar-refractivity contribution in [3.8, 4) is 0 Å². The molecule has 1 heterocycles. The van der Waals surface area contributed by atoms with E-state index in [1.807, 2.05) is 6.07 Å². The normalized spacial score (nSPS) is 40.8. The van der Waals surface area contributed by atoms with Crippen molar-refractivity contribution in [2.75, 3.05) is 6.61 Å². The predicted molar refractivity (Wildman–Crippen MR) is 186 cm³/mol. The highest BCUT2D eigenvalue weighted by Crippen LogP contribution is 2.74. The Bertz CT molecular complexity index is 1560. The van der Waals surface area contributed by atoms with Crippen LogP contribution in [0.25, 0.3) is 0 Å². The fourth-order valence-corrected chi connectivity index (χ4v) is 11.9. The van der Waals surface area contributed by atoms with Gasteiger partial charge in [0, 0.05) is 42.9 Å². The number of hydrogen-bond donors (Lipinski definition) is 1. The van der Waals surface area contributed by atoms with E-state index in [4.69, 9.17) is 18.9 Å². The summed E-state index contributed by atoms with van der Waals surface area (Å²) in [5.74, 6) is -1.18. The highest BCUT2D eigenvalue weighted by Gasteiger charge is 2.72. The average Bonchev–Trinajstić information content (AvgIpc) is 3.38. The third-order valence-electron chi connectivity index (χ3n) is 14.1. The van der Waals surface area contributed by atoms with E-state index < -0.39 is 52.2 Å². The van der Waals surface area contributed by atoms with Gasteiger partial charge in [-0.2, -0.15) is 0 Å². The maximum absolute atomic E-state index is 13.4. The number of benzene rings is 1. The number of carbonyl (C=O) groups is 4. The van der Waals surface area contributed by atoms with Crippen LogP contribution in [0.5, 0.6) is 0 Å². The number of allylic oxidation sites excluding steroid dienone is 1. The summed E-state index contributed by atoms with van der Waals surface area (Å²) in [7, 11) is 0. The first-order valence-corrected chi connectivity index (χ1v) is 18.4. The molecule has 4 aliphatic carbocycles. The van der Waals surface area contributed by atoms with E-state index >= 15 is 0 Å². The summed E-state index contributed by atoms with van der Waals surface area (Å²) in [6.45, 7) is 17.6. The summed E-state index contributed by atoms with van der Waals surface area (Å²) in [4.78, 5) is 52.4. The Balaban J connectivity index is 1.37. The van der Waals surface area contributed by atoms with Crippen molar-refractivity contribution < 1.29 is 43.2 Å². The van der Waals surface area contributed by atoms with Crippen molar-refractivity contribution in [3.05, 3.63) is 47.5 Å². The van der Waals surface area contributed by atoms with Gasteiger partial charge in [-0.3, -0.25) is 14.4 Å². The molecule has 274 valence electrons. The third-order valence-corrected chi connectivity index (χ3v) is 14.1. The van der Waals surface area contributed by atoms with Crippen LogP contribution < -0.4 is 0 Å². The van der Waals surface area contributed by atoms with Gasteiger partial charge in [-0.05, 0) is 80.8 Å². The molecule has 1 saturated heterocycles. The molecule has 9 nitrogen and oxygen atoms in total. The first-order valence-electron chi connectivity index (χ1n) is 18.4. The Morgan fingerprint density at radius 3 is 2.12 bits per heavy atom. The van der Waals surface area contributed by atoms with Gasteiger partial charge in [-0.25, -0.2) is 4.79 Å². The molecule has 6 rings (SSSR count). The summed E-state index contributed by atoms with van der Waals surface area (Å²) in [6, 6.07) is 8.93. The molecule has 3 saturated carbocycles. The largest absolute Gasteiger partial charge is 0.462 e. The van der Waals surface area contributed by atoms with Crippen LogP contribution in [0, 0.1) is 45.3 Å². The first-order chi connectivity index (χ1) is 23.2. The van der Waals surface area contributed by atoms with Gasteiger partial charge in [-0.1, -0.05) is 64.5 Å². The summed E-state index contributed by atoms with van der Waals surface area (Å²) >= 11 is 0. The van der Waals surface area contributed by atoms with Crippen LogP contribution in [-0.4, -0.2) is 65.4 Å². The van der Waals surface area contributed by atoms with Crippen LogP contribution in [0.3, 0.4) is 0 Å². The molecule has 1 aliphatic heterocycles. The fourth-order valence-electron chi connectivity index (χ4n) is 11.9. The smallest absolute Gasteiger partial charge is 0.338 e. The highest BCUT2D eigenvalue weighted by molar-refractivity contribution is 5.89. The van der Waals surface area contributed by atoms with E-state index in [0.29, 0.717) is 31.4 Å². The van der Waals surface area contributed by atoms with E-state index in [1.54, 1.807) is 38.1 Å².